The van der Waals surface area contributed by atoms with E-state index in [4.69, 9.17) is 16.0 Å². The summed E-state index contributed by atoms with van der Waals surface area (Å²) in [5.41, 5.74) is 11.7. The summed E-state index contributed by atoms with van der Waals surface area (Å²) in [7, 11) is 0. The van der Waals surface area contributed by atoms with Crippen molar-refractivity contribution in [2.45, 2.75) is 13.1 Å². The van der Waals surface area contributed by atoms with Crippen molar-refractivity contribution >= 4 is 11.0 Å². The summed E-state index contributed by atoms with van der Waals surface area (Å²) >= 11 is 0. The summed E-state index contributed by atoms with van der Waals surface area (Å²) in [6.07, 6.45) is 0. The maximum absolute atomic E-state index is 8.99. The van der Waals surface area contributed by atoms with Gasteiger partial charge in [0.15, 0.2) is 0 Å². The predicted octanol–water partition coefficient (Wildman–Crippen LogP) is 4.08. The van der Waals surface area contributed by atoms with Crippen LogP contribution < -0.4 is 5.73 Å². The smallest absolute Gasteiger partial charge is 0.141 e. The van der Waals surface area contributed by atoms with E-state index < -0.39 is 0 Å². The number of imidazole rings is 1. The Morgan fingerprint density at radius 1 is 0.885 bits per heavy atom. The Kier molecular flexibility index (Phi) is 4.22. The Bertz CT molecular complexity index is 1080. The first-order valence-electron chi connectivity index (χ1n) is 8.52. The highest BCUT2D eigenvalue weighted by atomic mass is 15.1. The number of hydrogen-bond acceptors (Lipinski definition) is 3. The zero-order chi connectivity index (χ0) is 17.9. The zero-order valence-corrected chi connectivity index (χ0v) is 14.3. The van der Waals surface area contributed by atoms with Crippen molar-refractivity contribution in [3.63, 3.8) is 0 Å². The molecule has 0 atom stereocenters. The van der Waals surface area contributed by atoms with Crippen LogP contribution in [0.3, 0.4) is 0 Å². The molecule has 26 heavy (non-hydrogen) atoms. The van der Waals surface area contributed by atoms with Crippen molar-refractivity contribution < 1.29 is 0 Å². The van der Waals surface area contributed by atoms with Crippen LogP contribution in [0, 0.1) is 11.3 Å². The van der Waals surface area contributed by atoms with Gasteiger partial charge in [0.1, 0.15) is 5.82 Å². The van der Waals surface area contributed by atoms with E-state index in [9.17, 15) is 0 Å². The minimum absolute atomic E-state index is 0.530. The topological polar surface area (TPSA) is 67.6 Å². The van der Waals surface area contributed by atoms with E-state index in [1.165, 1.54) is 0 Å². The van der Waals surface area contributed by atoms with Crippen LogP contribution in [-0.2, 0) is 13.1 Å². The van der Waals surface area contributed by atoms with Crippen molar-refractivity contribution in [1.29, 1.82) is 5.26 Å². The molecule has 0 aliphatic heterocycles. The van der Waals surface area contributed by atoms with Gasteiger partial charge < -0.3 is 10.3 Å². The first kappa shape index (κ1) is 16.1. The Morgan fingerprint density at radius 3 is 2.27 bits per heavy atom. The molecule has 1 aromatic heterocycles. The molecule has 126 valence electrons. The molecule has 3 aromatic carbocycles. The SMILES string of the molecule is N#Cc1ccc(Cn2c(-c3ccc(CN)cc3)nc3ccccc32)cc1. The van der Waals surface area contributed by atoms with Gasteiger partial charge in [0.25, 0.3) is 0 Å². The monoisotopic (exact) mass is 338 g/mol. The molecular formula is C22H18N4. The Labute approximate surface area is 152 Å². The average molecular weight is 338 g/mol. The first-order chi connectivity index (χ1) is 12.8. The summed E-state index contributed by atoms with van der Waals surface area (Å²) < 4.78 is 2.22. The maximum atomic E-state index is 8.99. The lowest BCUT2D eigenvalue weighted by molar-refractivity contribution is 0.834. The van der Waals surface area contributed by atoms with Crippen molar-refractivity contribution in [3.8, 4) is 17.5 Å². The van der Waals surface area contributed by atoms with Gasteiger partial charge in [-0.3, -0.25) is 0 Å². The fourth-order valence-electron chi connectivity index (χ4n) is 3.11. The fourth-order valence-corrected chi connectivity index (χ4v) is 3.11. The number of para-hydroxylation sites is 2. The highest BCUT2D eigenvalue weighted by molar-refractivity contribution is 5.80. The molecule has 4 aromatic rings. The minimum Gasteiger partial charge on any atom is -0.326 e. The molecule has 0 fully saturated rings. The van der Waals surface area contributed by atoms with Crippen molar-refractivity contribution in [1.82, 2.24) is 9.55 Å². The van der Waals surface area contributed by atoms with Gasteiger partial charge in [-0.05, 0) is 35.4 Å². The summed E-state index contributed by atoms with van der Waals surface area (Å²) in [6, 6.07) is 26.2. The van der Waals surface area contributed by atoms with Crippen molar-refractivity contribution in [3.05, 3.63) is 89.5 Å². The molecule has 2 N–H and O–H groups in total. The largest absolute Gasteiger partial charge is 0.326 e. The number of benzene rings is 3. The molecule has 1 heterocycles. The lowest BCUT2D eigenvalue weighted by atomic mass is 10.1. The molecule has 0 radical (unpaired) electrons. The molecule has 0 saturated heterocycles. The van der Waals surface area contributed by atoms with Crippen LogP contribution in [-0.4, -0.2) is 9.55 Å². The summed E-state index contributed by atoms with van der Waals surface area (Å²) in [6.45, 7) is 1.22. The second-order valence-corrected chi connectivity index (χ2v) is 6.22. The van der Waals surface area contributed by atoms with Crippen LogP contribution >= 0.6 is 0 Å². The molecule has 0 aliphatic carbocycles. The molecule has 4 nitrogen and oxygen atoms in total. The first-order valence-corrected chi connectivity index (χ1v) is 8.52. The standard InChI is InChI=1S/C22H18N4/c23-13-16-5-7-18(8-6-16)15-26-21-4-2-1-3-20(21)25-22(26)19-11-9-17(14-24)10-12-19/h1-12H,14-15,24H2. The number of nitrogens with zero attached hydrogens (tertiary/aromatic N) is 3. The minimum atomic E-state index is 0.530. The van der Waals surface area contributed by atoms with E-state index in [1.54, 1.807) is 0 Å². The van der Waals surface area contributed by atoms with Crippen LogP contribution in [0.5, 0.6) is 0 Å². The summed E-state index contributed by atoms with van der Waals surface area (Å²) in [4.78, 5) is 4.85. The van der Waals surface area contributed by atoms with Gasteiger partial charge in [-0.25, -0.2) is 4.98 Å². The van der Waals surface area contributed by atoms with Crippen LogP contribution in [0.2, 0.25) is 0 Å². The van der Waals surface area contributed by atoms with Gasteiger partial charge >= 0.3 is 0 Å². The lowest BCUT2D eigenvalue weighted by Crippen LogP contribution is -2.03. The molecule has 4 heteroatoms. The number of nitriles is 1. The molecule has 4 rings (SSSR count). The van der Waals surface area contributed by atoms with E-state index in [0.29, 0.717) is 18.7 Å². The van der Waals surface area contributed by atoms with E-state index in [-0.39, 0.29) is 0 Å². The highest BCUT2D eigenvalue weighted by Crippen LogP contribution is 2.26. The Hall–Kier alpha value is -3.42. The highest BCUT2D eigenvalue weighted by Gasteiger charge is 2.13. The van der Waals surface area contributed by atoms with E-state index >= 15 is 0 Å². The van der Waals surface area contributed by atoms with Gasteiger partial charge in [-0.1, -0.05) is 48.5 Å². The number of hydrogen-bond donors (Lipinski definition) is 1. The molecule has 0 spiro atoms. The number of nitrogens with two attached hydrogens (primary N) is 1. The van der Waals surface area contributed by atoms with E-state index in [2.05, 4.69) is 28.8 Å². The van der Waals surface area contributed by atoms with Gasteiger partial charge in [-0.15, -0.1) is 0 Å². The van der Waals surface area contributed by atoms with Crippen LogP contribution in [0.4, 0.5) is 0 Å². The molecule has 0 bridgehead atoms. The third-order valence-electron chi connectivity index (χ3n) is 4.53. The van der Waals surface area contributed by atoms with Crippen molar-refractivity contribution in [2.75, 3.05) is 0 Å². The molecule has 0 saturated carbocycles. The van der Waals surface area contributed by atoms with Crippen LogP contribution in [0.1, 0.15) is 16.7 Å². The summed E-state index contributed by atoms with van der Waals surface area (Å²) in [5, 5.41) is 8.99. The predicted molar refractivity (Wildman–Crippen MR) is 103 cm³/mol. The Morgan fingerprint density at radius 2 is 1.58 bits per heavy atom. The second-order valence-electron chi connectivity index (χ2n) is 6.22. The second kappa shape index (κ2) is 6.83. The molecule has 0 aliphatic rings. The van der Waals surface area contributed by atoms with Gasteiger partial charge in [0.05, 0.1) is 22.7 Å². The number of aromatic nitrogens is 2. The van der Waals surface area contributed by atoms with Crippen LogP contribution in [0.25, 0.3) is 22.4 Å². The zero-order valence-electron chi connectivity index (χ0n) is 14.3. The average Bonchev–Trinajstić information content (AvgIpc) is 3.07. The van der Waals surface area contributed by atoms with Crippen LogP contribution in [0.15, 0.2) is 72.8 Å². The molecule has 0 amide bonds. The molecular weight excluding hydrogens is 320 g/mol. The molecule has 0 unspecified atom stereocenters. The van der Waals surface area contributed by atoms with Crippen molar-refractivity contribution in [2.24, 2.45) is 5.73 Å². The van der Waals surface area contributed by atoms with E-state index in [0.717, 1.165) is 33.5 Å². The van der Waals surface area contributed by atoms with Gasteiger partial charge in [-0.2, -0.15) is 5.26 Å². The lowest BCUT2D eigenvalue weighted by Gasteiger charge is -2.10. The van der Waals surface area contributed by atoms with Gasteiger partial charge in [0, 0.05) is 18.7 Å². The normalized spacial score (nSPS) is 10.8. The maximum Gasteiger partial charge on any atom is 0.141 e. The Balaban J connectivity index is 1.81. The van der Waals surface area contributed by atoms with Gasteiger partial charge in [0.2, 0.25) is 0 Å². The third-order valence-corrected chi connectivity index (χ3v) is 4.53. The number of fused-ring (bicyclic) bond motifs is 1. The number of rotatable bonds is 4. The quantitative estimate of drug-likeness (QED) is 0.609. The van der Waals surface area contributed by atoms with E-state index in [1.807, 2.05) is 54.6 Å². The third kappa shape index (κ3) is 2.97. The fraction of sp³-hybridized carbons (Fsp3) is 0.0909. The summed E-state index contributed by atoms with van der Waals surface area (Å²) in [5.74, 6) is 0.930.